The number of rotatable bonds is 6. The van der Waals surface area contributed by atoms with E-state index in [2.05, 4.69) is 59.7 Å². The maximum atomic E-state index is 2.75. The molecule has 1 heteroatoms. The van der Waals surface area contributed by atoms with Crippen molar-refractivity contribution < 1.29 is 0 Å². The minimum absolute atomic E-state index is 0.512. The summed E-state index contributed by atoms with van der Waals surface area (Å²) in [5.41, 5.74) is 2.98. The molecule has 3 fully saturated rings. The van der Waals surface area contributed by atoms with Crippen LogP contribution in [0, 0.1) is 46.3 Å². The summed E-state index contributed by atoms with van der Waals surface area (Å²) in [6.07, 6.45) is 18.7. The summed E-state index contributed by atoms with van der Waals surface area (Å²) in [6, 6.07) is 0.775. The molecule has 0 heterocycles. The van der Waals surface area contributed by atoms with Gasteiger partial charge in [-0.05, 0) is 112 Å². The van der Waals surface area contributed by atoms with Crippen LogP contribution in [0.25, 0.3) is 0 Å². The van der Waals surface area contributed by atoms with E-state index in [0.717, 1.165) is 41.5 Å². The van der Waals surface area contributed by atoms with Crippen molar-refractivity contribution in [2.75, 3.05) is 14.1 Å². The van der Waals surface area contributed by atoms with Crippen molar-refractivity contribution in [3.8, 4) is 0 Å². The highest BCUT2D eigenvalue weighted by molar-refractivity contribution is 5.26. The molecule has 4 aliphatic rings. The summed E-state index contributed by atoms with van der Waals surface area (Å²) < 4.78 is 0. The highest BCUT2D eigenvalue weighted by Gasteiger charge is 2.59. The molecule has 1 nitrogen and oxygen atoms in total. The maximum Gasteiger partial charge on any atom is 0.0127 e. The molecule has 4 aliphatic carbocycles. The molecule has 8 atom stereocenters. The van der Waals surface area contributed by atoms with Gasteiger partial charge in [0.1, 0.15) is 0 Å². The number of hydrogen-bond acceptors (Lipinski definition) is 1. The van der Waals surface area contributed by atoms with Crippen LogP contribution in [0.2, 0.25) is 0 Å². The smallest absolute Gasteiger partial charge is 0.0127 e. The van der Waals surface area contributed by atoms with Crippen LogP contribution in [-0.4, -0.2) is 25.0 Å². The first-order valence-electron chi connectivity index (χ1n) is 13.5. The van der Waals surface area contributed by atoms with Crippen LogP contribution in [0.15, 0.2) is 11.6 Å². The van der Waals surface area contributed by atoms with E-state index >= 15 is 0 Å². The molecule has 1 unspecified atom stereocenters. The normalized spacial score (nSPS) is 44.4. The van der Waals surface area contributed by atoms with E-state index in [9.17, 15) is 0 Å². The van der Waals surface area contributed by atoms with Crippen molar-refractivity contribution >= 4 is 0 Å². The minimum Gasteiger partial charge on any atom is -0.306 e. The van der Waals surface area contributed by atoms with Crippen LogP contribution in [0.1, 0.15) is 105 Å². The molecule has 0 aliphatic heterocycles. The Balaban J connectivity index is 1.48. The molecule has 30 heavy (non-hydrogen) atoms. The quantitative estimate of drug-likeness (QED) is 0.399. The third-order valence-electron chi connectivity index (χ3n) is 11.0. The second-order valence-corrected chi connectivity index (χ2v) is 13.1. The van der Waals surface area contributed by atoms with Crippen LogP contribution in [-0.2, 0) is 0 Å². The van der Waals surface area contributed by atoms with Gasteiger partial charge in [0.15, 0.2) is 0 Å². The topological polar surface area (TPSA) is 3.24 Å². The van der Waals surface area contributed by atoms with E-state index in [1.165, 1.54) is 70.6 Å². The first-order valence-corrected chi connectivity index (χ1v) is 13.5. The summed E-state index contributed by atoms with van der Waals surface area (Å²) in [5, 5.41) is 0. The van der Waals surface area contributed by atoms with Gasteiger partial charge in [-0.25, -0.2) is 0 Å². The Hall–Kier alpha value is -0.300. The van der Waals surface area contributed by atoms with Crippen molar-refractivity contribution in [1.29, 1.82) is 0 Å². The zero-order chi connectivity index (χ0) is 21.7. The Labute approximate surface area is 188 Å². The Kier molecular flexibility index (Phi) is 6.53. The Morgan fingerprint density at radius 3 is 2.43 bits per heavy atom. The van der Waals surface area contributed by atoms with E-state index < -0.39 is 0 Å². The van der Waals surface area contributed by atoms with Crippen molar-refractivity contribution in [2.24, 2.45) is 46.3 Å². The molecule has 4 rings (SSSR count). The second kappa shape index (κ2) is 8.57. The molecule has 0 aromatic rings. The van der Waals surface area contributed by atoms with Crippen molar-refractivity contribution in [1.82, 2.24) is 4.90 Å². The molecule has 0 aromatic carbocycles. The fraction of sp³-hybridized carbons (Fsp3) is 0.931. The van der Waals surface area contributed by atoms with E-state index in [1.54, 1.807) is 0 Å². The van der Waals surface area contributed by atoms with Crippen LogP contribution in [0.4, 0.5) is 0 Å². The fourth-order valence-electron chi connectivity index (χ4n) is 9.11. The van der Waals surface area contributed by atoms with Crippen LogP contribution < -0.4 is 0 Å². The fourth-order valence-corrected chi connectivity index (χ4v) is 9.11. The lowest BCUT2D eigenvalue weighted by atomic mass is 9.47. The molecule has 0 amide bonds. The predicted molar refractivity (Wildman–Crippen MR) is 131 cm³/mol. The van der Waals surface area contributed by atoms with E-state index in [-0.39, 0.29) is 0 Å². The third kappa shape index (κ3) is 3.84. The van der Waals surface area contributed by atoms with E-state index in [4.69, 9.17) is 0 Å². The Morgan fingerprint density at radius 1 is 0.967 bits per heavy atom. The SMILES string of the molecule is CC(C)CCC[C@@H](C)[C@H]1CC[C@H]2C3CC=C4C[C@@H](N(C)C)CC[C@]4(C)[C@H]3CC[C@]12C. The largest absolute Gasteiger partial charge is 0.306 e. The predicted octanol–water partition coefficient (Wildman–Crippen LogP) is 7.96. The average Bonchev–Trinajstić information content (AvgIpc) is 3.04. The molecule has 0 aromatic heterocycles. The van der Waals surface area contributed by atoms with Gasteiger partial charge in [-0.1, -0.05) is 65.5 Å². The highest BCUT2D eigenvalue weighted by atomic mass is 15.1. The van der Waals surface area contributed by atoms with Gasteiger partial charge in [0, 0.05) is 6.04 Å². The second-order valence-electron chi connectivity index (χ2n) is 13.1. The zero-order valence-electron chi connectivity index (χ0n) is 21.3. The first-order chi connectivity index (χ1) is 14.2. The monoisotopic (exact) mass is 413 g/mol. The van der Waals surface area contributed by atoms with Gasteiger partial charge < -0.3 is 4.90 Å². The molecular formula is C29H51N. The third-order valence-corrected chi connectivity index (χ3v) is 11.0. The lowest BCUT2D eigenvalue weighted by Crippen LogP contribution is -2.51. The van der Waals surface area contributed by atoms with Gasteiger partial charge in [-0.3, -0.25) is 0 Å². The summed E-state index contributed by atoms with van der Waals surface area (Å²) in [4.78, 5) is 2.48. The standard InChI is InChI=1S/C29H51N/c1-20(2)9-8-10-21(3)25-13-14-26-24-12-11-22-19-23(30(6)7)15-17-28(22,4)27(24)16-18-29(25,26)5/h11,20-21,23-27H,8-10,12-19H2,1-7H3/t21-,23+,24?,25-,26+,27+,28+,29-/m1/s1. The average molecular weight is 414 g/mol. The highest BCUT2D eigenvalue weighted by Crippen LogP contribution is 2.67. The van der Waals surface area contributed by atoms with Crippen molar-refractivity contribution in [3.63, 3.8) is 0 Å². The molecule has 172 valence electrons. The summed E-state index contributed by atoms with van der Waals surface area (Å²) >= 11 is 0. The van der Waals surface area contributed by atoms with Crippen LogP contribution in [0.5, 0.6) is 0 Å². The number of fused-ring (bicyclic) bond motifs is 5. The lowest BCUT2D eigenvalue weighted by Gasteiger charge is -2.59. The summed E-state index contributed by atoms with van der Waals surface area (Å²) in [5.74, 6) is 5.71. The lowest BCUT2D eigenvalue weighted by molar-refractivity contribution is -0.0535. The van der Waals surface area contributed by atoms with Crippen molar-refractivity contribution in [2.45, 2.75) is 111 Å². The maximum absolute atomic E-state index is 2.75. The molecule has 0 bridgehead atoms. The van der Waals surface area contributed by atoms with E-state index in [0.29, 0.717) is 10.8 Å². The number of nitrogens with zero attached hydrogens (tertiary/aromatic N) is 1. The number of hydrogen-bond donors (Lipinski definition) is 0. The molecular weight excluding hydrogens is 362 g/mol. The van der Waals surface area contributed by atoms with Gasteiger partial charge in [-0.2, -0.15) is 0 Å². The molecule has 3 saturated carbocycles. The molecule has 0 spiro atoms. The van der Waals surface area contributed by atoms with E-state index in [1.807, 2.05) is 5.57 Å². The summed E-state index contributed by atoms with van der Waals surface area (Å²) in [6.45, 7) is 12.8. The first kappa shape index (κ1) is 22.9. The van der Waals surface area contributed by atoms with Gasteiger partial charge in [0.25, 0.3) is 0 Å². The zero-order valence-corrected chi connectivity index (χ0v) is 21.3. The van der Waals surface area contributed by atoms with Gasteiger partial charge in [-0.15, -0.1) is 0 Å². The van der Waals surface area contributed by atoms with Crippen LogP contribution >= 0.6 is 0 Å². The van der Waals surface area contributed by atoms with Gasteiger partial charge in [0.05, 0.1) is 0 Å². The Morgan fingerprint density at radius 2 is 1.73 bits per heavy atom. The van der Waals surface area contributed by atoms with Gasteiger partial charge >= 0.3 is 0 Å². The van der Waals surface area contributed by atoms with Crippen LogP contribution in [0.3, 0.4) is 0 Å². The Bertz CT molecular complexity index is 632. The van der Waals surface area contributed by atoms with Crippen molar-refractivity contribution in [3.05, 3.63) is 11.6 Å². The minimum atomic E-state index is 0.512. The van der Waals surface area contributed by atoms with Gasteiger partial charge in [0.2, 0.25) is 0 Å². The summed E-state index contributed by atoms with van der Waals surface area (Å²) in [7, 11) is 4.57. The molecule has 0 radical (unpaired) electrons. The molecule has 0 N–H and O–H groups in total. The molecule has 0 saturated heterocycles. The number of allylic oxidation sites excluding steroid dienone is 1.